The van der Waals surface area contributed by atoms with Crippen LogP contribution in [-0.2, 0) is 9.53 Å². The standard InChI is InChI=1S/C17H16O2/c1-13(12-17(18)19-2)14-8-10-16(11-9-14)15-6-4-3-5-7-15/h3-12H,1-2H3/b13-12-. The van der Waals surface area contributed by atoms with E-state index in [4.69, 9.17) is 0 Å². The number of carbonyl (C=O) groups is 1. The lowest BCUT2D eigenvalue weighted by Gasteiger charge is -2.05. The fourth-order valence-corrected chi connectivity index (χ4v) is 1.88. The molecular formula is C17H16O2. The number of benzene rings is 2. The van der Waals surface area contributed by atoms with Gasteiger partial charge in [0, 0.05) is 6.08 Å². The molecule has 2 nitrogen and oxygen atoms in total. The van der Waals surface area contributed by atoms with Crippen molar-refractivity contribution in [2.45, 2.75) is 6.92 Å². The Bertz CT molecular complexity index is 580. The highest BCUT2D eigenvalue weighted by atomic mass is 16.5. The van der Waals surface area contributed by atoms with Crippen LogP contribution in [0.15, 0.2) is 60.7 Å². The van der Waals surface area contributed by atoms with Gasteiger partial charge < -0.3 is 4.74 Å². The molecule has 0 fully saturated rings. The SMILES string of the molecule is COC(=O)/C=C(/C)c1ccc(-c2ccccc2)cc1. The first kappa shape index (κ1) is 13.1. The predicted octanol–water partition coefficient (Wildman–Crippen LogP) is 3.93. The van der Waals surface area contributed by atoms with Gasteiger partial charge in [0.2, 0.25) is 0 Å². The van der Waals surface area contributed by atoms with E-state index in [0.29, 0.717) is 0 Å². The summed E-state index contributed by atoms with van der Waals surface area (Å²) in [6, 6.07) is 18.3. The zero-order chi connectivity index (χ0) is 13.7. The first-order valence-electron chi connectivity index (χ1n) is 6.13. The first-order valence-corrected chi connectivity index (χ1v) is 6.13. The minimum Gasteiger partial charge on any atom is -0.466 e. The Balaban J connectivity index is 2.24. The van der Waals surface area contributed by atoms with E-state index in [0.717, 1.165) is 16.7 Å². The molecule has 0 bridgehead atoms. The van der Waals surface area contributed by atoms with Gasteiger partial charge in [0.05, 0.1) is 7.11 Å². The molecule has 0 aromatic heterocycles. The van der Waals surface area contributed by atoms with Crippen LogP contribution >= 0.6 is 0 Å². The highest BCUT2D eigenvalue weighted by Gasteiger charge is 2.01. The van der Waals surface area contributed by atoms with Gasteiger partial charge in [-0.25, -0.2) is 4.79 Å². The van der Waals surface area contributed by atoms with Gasteiger partial charge in [-0.05, 0) is 29.2 Å². The van der Waals surface area contributed by atoms with E-state index in [2.05, 4.69) is 29.0 Å². The van der Waals surface area contributed by atoms with E-state index in [-0.39, 0.29) is 5.97 Å². The molecule has 0 atom stereocenters. The number of esters is 1. The molecule has 0 radical (unpaired) electrons. The summed E-state index contributed by atoms with van der Waals surface area (Å²) in [6.45, 7) is 1.90. The van der Waals surface area contributed by atoms with Gasteiger partial charge in [-0.15, -0.1) is 0 Å². The van der Waals surface area contributed by atoms with Crippen molar-refractivity contribution in [3.05, 3.63) is 66.2 Å². The zero-order valence-corrected chi connectivity index (χ0v) is 11.1. The second-order valence-electron chi connectivity index (χ2n) is 4.29. The summed E-state index contributed by atoms with van der Waals surface area (Å²) in [5.41, 5.74) is 4.26. The van der Waals surface area contributed by atoms with Crippen molar-refractivity contribution in [3.8, 4) is 11.1 Å². The van der Waals surface area contributed by atoms with Crippen molar-refractivity contribution in [3.63, 3.8) is 0 Å². The van der Waals surface area contributed by atoms with Crippen molar-refractivity contribution in [2.75, 3.05) is 7.11 Å². The van der Waals surface area contributed by atoms with Crippen LogP contribution in [0.3, 0.4) is 0 Å². The Morgan fingerprint density at radius 2 is 1.53 bits per heavy atom. The molecule has 0 saturated carbocycles. The molecule has 0 aliphatic carbocycles. The normalized spacial score (nSPS) is 11.2. The Labute approximate surface area is 113 Å². The number of allylic oxidation sites excluding steroid dienone is 1. The molecule has 0 amide bonds. The summed E-state index contributed by atoms with van der Waals surface area (Å²) in [5, 5.41) is 0. The third-order valence-corrected chi connectivity index (χ3v) is 2.98. The lowest BCUT2D eigenvalue weighted by Crippen LogP contribution is -1.95. The number of rotatable bonds is 3. The maximum atomic E-state index is 11.2. The molecule has 2 rings (SSSR count). The summed E-state index contributed by atoms with van der Waals surface area (Å²) < 4.78 is 4.62. The lowest BCUT2D eigenvalue weighted by molar-refractivity contribution is -0.134. The Hall–Kier alpha value is -2.35. The topological polar surface area (TPSA) is 26.3 Å². The van der Waals surface area contributed by atoms with E-state index < -0.39 is 0 Å². The third-order valence-electron chi connectivity index (χ3n) is 2.98. The van der Waals surface area contributed by atoms with Gasteiger partial charge in [-0.3, -0.25) is 0 Å². The monoisotopic (exact) mass is 252 g/mol. The molecule has 19 heavy (non-hydrogen) atoms. The van der Waals surface area contributed by atoms with Crippen molar-refractivity contribution in [1.29, 1.82) is 0 Å². The molecule has 0 aliphatic heterocycles. The number of methoxy groups -OCH3 is 1. The van der Waals surface area contributed by atoms with Crippen LogP contribution in [-0.4, -0.2) is 13.1 Å². The van der Waals surface area contributed by atoms with E-state index in [1.807, 2.05) is 37.3 Å². The smallest absolute Gasteiger partial charge is 0.330 e. The van der Waals surface area contributed by atoms with Crippen LogP contribution in [0.2, 0.25) is 0 Å². The minimum atomic E-state index is -0.329. The van der Waals surface area contributed by atoms with Gasteiger partial charge in [-0.1, -0.05) is 54.6 Å². The van der Waals surface area contributed by atoms with Crippen molar-refractivity contribution in [1.82, 2.24) is 0 Å². The summed E-state index contributed by atoms with van der Waals surface area (Å²) in [5.74, 6) is -0.329. The van der Waals surface area contributed by atoms with E-state index in [1.165, 1.54) is 18.7 Å². The average molecular weight is 252 g/mol. The molecule has 0 aliphatic rings. The van der Waals surface area contributed by atoms with Gasteiger partial charge >= 0.3 is 5.97 Å². The summed E-state index contributed by atoms with van der Waals surface area (Å²) in [4.78, 5) is 11.2. The number of ether oxygens (including phenoxy) is 1. The summed E-state index contributed by atoms with van der Waals surface area (Å²) >= 11 is 0. The second-order valence-corrected chi connectivity index (χ2v) is 4.29. The third kappa shape index (κ3) is 3.32. The molecular weight excluding hydrogens is 236 g/mol. The molecule has 0 spiro atoms. The minimum absolute atomic E-state index is 0.329. The van der Waals surface area contributed by atoms with Gasteiger partial charge in [0.1, 0.15) is 0 Å². The Kier molecular flexibility index (Phi) is 4.14. The summed E-state index contributed by atoms with van der Waals surface area (Å²) in [7, 11) is 1.38. The van der Waals surface area contributed by atoms with E-state index >= 15 is 0 Å². The second kappa shape index (κ2) is 6.01. The van der Waals surface area contributed by atoms with Crippen molar-refractivity contribution in [2.24, 2.45) is 0 Å². The number of hydrogen-bond acceptors (Lipinski definition) is 2. The lowest BCUT2D eigenvalue weighted by atomic mass is 10.0. The molecule has 2 aromatic carbocycles. The maximum absolute atomic E-state index is 11.2. The van der Waals surface area contributed by atoms with Crippen LogP contribution in [0.25, 0.3) is 16.7 Å². The fourth-order valence-electron chi connectivity index (χ4n) is 1.88. The predicted molar refractivity (Wildman–Crippen MR) is 77.5 cm³/mol. The largest absolute Gasteiger partial charge is 0.466 e. The van der Waals surface area contributed by atoms with E-state index in [9.17, 15) is 4.79 Å². The summed E-state index contributed by atoms with van der Waals surface area (Å²) in [6.07, 6.45) is 1.50. The average Bonchev–Trinajstić information content (AvgIpc) is 2.48. The van der Waals surface area contributed by atoms with Gasteiger partial charge in [0.15, 0.2) is 0 Å². The van der Waals surface area contributed by atoms with Crippen LogP contribution in [0.5, 0.6) is 0 Å². The highest BCUT2D eigenvalue weighted by molar-refractivity contribution is 5.90. The van der Waals surface area contributed by atoms with E-state index in [1.54, 1.807) is 0 Å². The zero-order valence-electron chi connectivity index (χ0n) is 11.1. The highest BCUT2D eigenvalue weighted by Crippen LogP contribution is 2.22. The molecule has 0 N–H and O–H groups in total. The molecule has 0 heterocycles. The van der Waals surface area contributed by atoms with Crippen LogP contribution in [0, 0.1) is 0 Å². The Morgan fingerprint density at radius 1 is 0.947 bits per heavy atom. The van der Waals surface area contributed by atoms with Crippen molar-refractivity contribution < 1.29 is 9.53 Å². The molecule has 0 saturated heterocycles. The first-order chi connectivity index (χ1) is 9.20. The van der Waals surface area contributed by atoms with Crippen molar-refractivity contribution >= 4 is 11.5 Å². The Morgan fingerprint density at radius 3 is 2.11 bits per heavy atom. The maximum Gasteiger partial charge on any atom is 0.330 e. The number of carbonyl (C=O) groups excluding carboxylic acids is 1. The van der Waals surface area contributed by atoms with Crippen LogP contribution in [0.1, 0.15) is 12.5 Å². The molecule has 2 aromatic rings. The van der Waals surface area contributed by atoms with Crippen LogP contribution in [0.4, 0.5) is 0 Å². The van der Waals surface area contributed by atoms with Gasteiger partial charge in [0.25, 0.3) is 0 Å². The molecule has 0 unspecified atom stereocenters. The fraction of sp³-hybridized carbons (Fsp3) is 0.118. The molecule has 96 valence electrons. The molecule has 2 heteroatoms. The number of hydrogen-bond donors (Lipinski definition) is 0. The quantitative estimate of drug-likeness (QED) is 0.611. The van der Waals surface area contributed by atoms with Crippen LogP contribution < -0.4 is 0 Å². The van der Waals surface area contributed by atoms with Gasteiger partial charge in [-0.2, -0.15) is 0 Å².